The van der Waals surface area contributed by atoms with Crippen molar-refractivity contribution in [2.75, 3.05) is 12.4 Å². The summed E-state index contributed by atoms with van der Waals surface area (Å²) in [5.41, 5.74) is 0.583. The van der Waals surface area contributed by atoms with Gasteiger partial charge in [-0.2, -0.15) is 0 Å². The van der Waals surface area contributed by atoms with Crippen molar-refractivity contribution in [3.63, 3.8) is 0 Å². The average molecular weight is 139 g/mol. The fourth-order valence-corrected chi connectivity index (χ4v) is 0.650. The van der Waals surface area contributed by atoms with Crippen LogP contribution in [0.4, 0.5) is 5.82 Å². The molecule has 0 radical (unpaired) electrons. The van der Waals surface area contributed by atoms with Gasteiger partial charge in [0.25, 0.3) is 0 Å². The maximum absolute atomic E-state index is 9.21. The van der Waals surface area contributed by atoms with Gasteiger partial charge in [0.2, 0.25) is 0 Å². The molecule has 1 aromatic heterocycles. The molecule has 54 valence electrons. The lowest BCUT2D eigenvalue weighted by Gasteiger charge is -2.01. The van der Waals surface area contributed by atoms with Crippen molar-refractivity contribution in [2.24, 2.45) is 0 Å². The first-order chi connectivity index (χ1) is 4.75. The second-order valence-corrected chi connectivity index (χ2v) is 1.91. The molecule has 0 unspecified atom stereocenters. The Hall–Kier alpha value is -1.32. The van der Waals surface area contributed by atoms with Gasteiger partial charge in [-0.3, -0.25) is 0 Å². The van der Waals surface area contributed by atoms with E-state index in [-0.39, 0.29) is 5.75 Å². The number of aromatic nitrogens is 2. The van der Waals surface area contributed by atoms with Gasteiger partial charge < -0.3 is 10.4 Å². The summed E-state index contributed by atoms with van der Waals surface area (Å²) in [5, 5.41) is 11.9. The summed E-state index contributed by atoms with van der Waals surface area (Å²) in [6.07, 6.45) is 1.40. The molecule has 1 heterocycles. The fourth-order valence-electron chi connectivity index (χ4n) is 0.650. The zero-order valence-electron chi connectivity index (χ0n) is 5.92. The Morgan fingerprint density at radius 1 is 1.50 bits per heavy atom. The summed E-state index contributed by atoms with van der Waals surface area (Å²) in [7, 11) is 1.70. The van der Waals surface area contributed by atoms with E-state index in [9.17, 15) is 5.11 Å². The van der Waals surface area contributed by atoms with Gasteiger partial charge in [-0.15, -0.1) is 0 Å². The SMILES string of the molecule is CNc1ncnc(C)c1O. The van der Waals surface area contributed by atoms with Gasteiger partial charge in [0.05, 0.1) is 5.69 Å². The summed E-state index contributed by atoms with van der Waals surface area (Å²) in [5.74, 6) is 0.581. The number of nitrogens with zero attached hydrogens (tertiary/aromatic N) is 2. The van der Waals surface area contributed by atoms with Crippen molar-refractivity contribution in [1.29, 1.82) is 0 Å². The Morgan fingerprint density at radius 3 is 2.70 bits per heavy atom. The number of hydrogen-bond donors (Lipinski definition) is 2. The molecular weight excluding hydrogens is 130 g/mol. The van der Waals surface area contributed by atoms with Crippen LogP contribution in [0.15, 0.2) is 6.33 Å². The first-order valence-electron chi connectivity index (χ1n) is 2.94. The lowest BCUT2D eigenvalue weighted by molar-refractivity contribution is 0.467. The standard InChI is InChI=1S/C6H9N3O/c1-4-5(10)6(7-2)9-3-8-4/h3,10H,1-2H3,(H,7,8,9). The normalized spacial score (nSPS) is 9.40. The Labute approximate surface area is 58.9 Å². The molecule has 4 heteroatoms. The van der Waals surface area contributed by atoms with Crippen molar-refractivity contribution < 1.29 is 5.11 Å². The van der Waals surface area contributed by atoms with Crippen LogP contribution in [0.5, 0.6) is 5.75 Å². The minimum absolute atomic E-state index is 0.116. The van der Waals surface area contributed by atoms with Gasteiger partial charge in [-0.1, -0.05) is 0 Å². The minimum atomic E-state index is 0.116. The highest BCUT2D eigenvalue weighted by molar-refractivity contribution is 5.49. The molecule has 0 saturated carbocycles. The monoisotopic (exact) mass is 139 g/mol. The van der Waals surface area contributed by atoms with Crippen LogP contribution >= 0.6 is 0 Å². The summed E-state index contributed by atoms with van der Waals surface area (Å²) in [6.45, 7) is 1.72. The number of aryl methyl sites for hydroxylation is 1. The topological polar surface area (TPSA) is 58.0 Å². The van der Waals surface area contributed by atoms with Crippen molar-refractivity contribution in [1.82, 2.24) is 9.97 Å². The molecule has 0 aliphatic heterocycles. The molecule has 1 rings (SSSR count). The van der Waals surface area contributed by atoms with Crippen LogP contribution in [0.3, 0.4) is 0 Å². The second kappa shape index (κ2) is 2.51. The van der Waals surface area contributed by atoms with E-state index in [1.165, 1.54) is 6.33 Å². The number of nitrogens with one attached hydrogen (secondary N) is 1. The third-order valence-electron chi connectivity index (χ3n) is 1.24. The number of rotatable bonds is 1. The van der Waals surface area contributed by atoms with E-state index in [0.717, 1.165) is 0 Å². The highest BCUT2D eigenvalue weighted by Gasteiger charge is 2.02. The molecule has 0 aromatic carbocycles. The van der Waals surface area contributed by atoms with Crippen molar-refractivity contribution in [2.45, 2.75) is 6.92 Å². The third kappa shape index (κ3) is 1.00. The molecule has 2 N–H and O–H groups in total. The van der Waals surface area contributed by atoms with Crippen LogP contribution in [-0.2, 0) is 0 Å². The van der Waals surface area contributed by atoms with Crippen molar-refractivity contribution >= 4 is 5.82 Å². The van der Waals surface area contributed by atoms with E-state index in [4.69, 9.17) is 0 Å². The summed E-state index contributed by atoms with van der Waals surface area (Å²) in [6, 6.07) is 0. The highest BCUT2D eigenvalue weighted by Crippen LogP contribution is 2.20. The van der Waals surface area contributed by atoms with E-state index >= 15 is 0 Å². The van der Waals surface area contributed by atoms with Crippen LogP contribution in [0.1, 0.15) is 5.69 Å². The van der Waals surface area contributed by atoms with Crippen molar-refractivity contribution in [3.8, 4) is 5.75 Å². The van der Waals surface area contributed by atoms with Gasteiger partial charge in [0, 0.05) is 7.05 Å². The number of hydrogen-bond acceptors (Lipinski definition) is 4. The molecule has 0 aliphatic carbocycles. The molecule has 1 aromatic rings. The van der Waals surface area contributed by atoms with Crippen LogP contribution in [0.2, 0.25) is 0 Å². The molecule has 0 bridgehead atoms. The second-order valence-electron chi connectivity index (χ2n) is 1.91. The van der Waals surface area contributed by atoms with Gasteiger partial charge in [0.15, 0.2) is 11.6 Å². The van der Waals surface area contributed by atoms with Crippen LogP contribution < -0.4 is 5.32 Å². The zero-order chi connectivity index (χ0) is 7.56. The van der Waals surface area contributed by atoms with Crippen molar-refractivity contribution in [3.05, 3.63) is 12.0 Å². The zero-order valence-corrected chi connectivity index (χ0v) is 5.92. The first kappa shape index (κ1) is 6.80. The maximum Gasteiger partial charge on any atom is 0.179 e. The van der Waals surface area contributed by atoms with Gasteiger partial charge in [0.1, 0.15) is 6.33 Å². The van der Waals surface area contributed by atoms with Crippen LogP contribution in [-0.4, -0.2) is 22.1 Å². The summed E-state index contributed by atoms with van der Waals surface area (Å²) < 4.78 is 0. The third-order valence-corrected chi connectivity index (χ3v) is 1.24. The molecule has 0 atom stereocenters. The molecule has 10 heavy (non-hydrogen) atoms. The smallest absolute Gasteiger partial charge is 0.179 e. The molecular formula is C6H9N3O. The van der Waals surface area contributed by atoms with E-state index in [1.54, 1.807) is 14.0 Å². The van der Waals surface area contributed by atoms with E-state index in [2.05, 4.69) is 15.3 Å². The Bertz CT molecular complexity index is 236. The summed E-state index contributed by atoms with van der Waals surface area (Å²) >= 11 is 0. The quantitative estimate of drug-likeness (QED) is 0.596. The van der Waals surface area contributed by atoms with Crippen LogP contribution in [0.25, 0.3) is 0 Å². The number of anilines is 1. The first-order valence-corrected chi connectivity index (χ1v) is 2.94. The molecule has 4 nitrogen and oxygen atoms in total. The Balaban J connectivity index is 3.14. The molecule has 0 aliphatic rings. The molecule has 0 fully saturated rings. The lowest BCUT2D eigenvalue weighted by atomic mass is 10.4. The minimum Gasteiger partial charge on any atom is -0.503 e. The lowest BCUT2D eigenvalue weighted by Crippen LogP contribution is -1.94. The Kier molecular flexibility index (Phi) is 1.71. The predicted molar refractivity (Wildman–Crippen MR) is 38.0 cm³/mol. The van der Waals surface area contributed by atoms with E-state index < -0.39 is 0 Å². The van der Waals surface area contributed by atoms with Gasteiger partial charge in [-0.25, -0.2) is 9.97 Å². The molecule has 0 saturated heterocycles. The van der Waals surface area contributed by atoms with Gasteiger partial charge in [-0.05, 0) is 6.92 Å². The summed E-state index contributed by atoms with van der Waals surface area (Å²) in [4.78, 5) is 7.57. The highest BCUT2D eigenvalue weighted by atomic mass is 16.3. The maximum atomic E-state index is 9.21. The van der Waals surface area contributed by atoms with E-state index in [1.807, 2.05) is 0 Å². The number of aromatic hydroxyl groups is 1. The fraction of sp³-hybridized carbons (Fsp3) is 0.333. The average Bonchev–Trinajstić information content (AvgIpc) is 1.95. The predicted octanol–water partition coefficient (Wildman–Crippen LogP) is 0.532. The van der Waals surface area contributed by atoms with Gasteiger partial charge >= 0.3 is 0 Å². The molecule has 0 spiro atoms. The Morgan fingerprint density at radius 2 is 2.20 bits per heavy atom. The van der Waals surface area contributed by atoms with Crippen LogP contribution in [0, 0.1) is 6.92 Å². The van der Waals surface area contributed by atoms with E-state index in [0.29, 0.717) is 11.5 Å². The molecule has 0 amide bonds. The largest absolute Gasteiger partial charge is 0.503 e.